The van der Waals surface area contributed by atoms with E-state index in [0.29, 0.717) is 23.7 Å². The third-order valence-electron chi connectivity index (χ3n) is 4.84. The van der Waals surface area contributed by atoms with Gasteiger partial charge < -0.3 is 19.9 Å². The molecule has 0 heterocycles. The zero-order chi connectivity index (χ0) is 24.3. The summed E-state index contributed by atoms with van der Waals surface area (Å²) < 4.78 is 12.3. The highest BCUT2D eigenvalue weighted by atomic mass is 79.9. The van der Waals surface area contributed by atoms with Crippen molar-refractivity contribution in [3.05, 3.63) is 86.8 Å². The van der Waals surface area contributed by atoms with Crippen LogP contribution in [0.2, 0.25) is 5.02 Å². The second kappa shape index (κ2) is 13.0. The zero-order valence-corrected chi connectivity index (χ0v) is 20.9. The first kappa shape index (κ1) is 25.6. The Balaban J connectivity index is 1.44. The summed E-state index contributed by atoms with van der Waals surface area (Å²) in [6.07, 6.45) is 2.43. The smallest absolute Gasteiger partial charge is 0.271 e. The van der Waals surface area contributed by atoms with E-state index in [1.165, 1.54) is 30.0 Å². The Morgan fingerprint density at radius 1 is 1.12 bits per heavy atom. The molecule has 0 saturated heterocycles. The van der Waals surface area contributed by atoms with Crippen LogP contribution in [0.5, 0.6) is 17.2 Å². The van der Waals surface area contributed by atoms with Crippen molar-refractivity contribution in [1.29, 1.82) is 0 Å². The number of phenols is 1. The lowest BCUT2D eigenvalue weighted by Gasteiger charge is -2.10. The van der Waals surface area contributed by atoms with Gasteiger partial charge in [0.15, 0.2) is 0 Å². The number of nitrogens with one attached hydrogen (secondary N) is 2. The van der Waals surface area contributed by atoms with E-state index < -0.39 is 5.91 Å². The first-order valence-corrected chi connectivity index (χ1v) is 11.7. The van der Waals surface area contributed by atoms with Gasteiger partial charge in [-0.1, -0.05) is 39.7 Å². The van der Waals surface area contributed by atoms with Crippen LogP contribution in [0.3, 0.4) is 0 Å². The number of halogens is 2. The van der Waals surface area contributed by atoms with Crippen LogP contribution in [-0.4, -0.2) is 44.0 Å². The molecule has 3 aromatic rings. The number of rotatable bonds is 11. The van der Waals surface area contributed by atoms with Gasteiger partial charge in [0.25, 0.3) is 5.91 Å². The zero-order valence-electron chi connectivity index (χ0n) is 18.6. The SMILES string of the molecule is COc1cc(OCCNCCc2ccc(Br)cc2)ccc1/C=N/NC(=O)c1ccc(O)c(Cl)c1. The topological polar surface area (TPSA) is 92.2 Å². The van der Waals surface area contributed by atoms with Gasteiger partial charge >= 0.3 is 0 Å². The number of hydrazone groups is 1. The molecule has 0 saturated carbocycles. The number of nitrogens with zero attached hydrogens (tertiary/aromatic N) is 1. The Labute approximate surface area is 211 Å². The van der Waals surface area contributed by atoms with E-state index in [-0.39, 0.29) is 16.3 Å². The fraction of sp³-hybridized carbons (Fsp3) is 0.200. The summed E-state index contributed by atoms with van der Waals surface area (Å²) in [5, 5.41) is 16.9. The number of aromatic hydroxyl groups is 1. The van der Waals surface area contributed by atoms with Gasteiger partial charge in [-0.2, -0.15) is 5.10 Å². The minimum absolute atomic E-state index is 0.0914. The maximum absolute atomic E-state index is 12.2. The van der Waals surface area contributed by atoms with Crippen molar-refractivity contribution in [1.82, 2.24) is 10.7 Å². The number of ether oxygens (including phenoxy) is 2. The first-order valence-electron chi connectivity index (χ1n) is 10.5. The van der Waals surface area contributed by atoms with Crippen LogP contribution in [0.1, 0.15) is 21.5 Å². The Kier molecular flexibility index (Phi) is 9.75. The van der Waals surface area contributed by atoms with E-state index in [1.54, 1.807) is 19.2 Å². The number of hydrogen-bond acceptors (Lipinski definition) is 6. The lowest BCUT2D eigenvalue weighted by atomic mass is 10.1. The van der Waals surface area contributed by atoms with E-state index in [2.05, 4.69) is 43.9 Å². The number of hydrogen-bond donors (Lipinski definition) is 3. The standard InChI is InChI=1S/C25H25BrClN3O4/c1-33-24-15-21(34-13-12-28-11-10-17-2-6-20(26)7-3-17)8-4-19(24)16-29-30-25(32)18-5-9-23(31)22(27)14-18/h2-9,14-16,28,31H,10-13H2,1H3,(H,30,32)/b29-16+. The third kappa shape index (κ3) is 7.76. The monoisotopic (exact) mass is 545 g/mol. The predicted molar refractivity (Wildman–Crippen MR) is 137 cm³/mol. The lowest BCUT2D eigenvalue weighted by Crippen LogP contribution is -2.23. The van der Waals surface area contributed by atoms with Gasteiger partial charge in [-0.3, -0.25) is 4.79 Å². The van der Waals surface area contributed by atoms with Crippen molar-refractivity contribution in [3.8, 4) is 17.2 Å². The molecule has 3 N–H and O–H groups in total. The maximum Gasteiger partial charge on any atom is 0.271 e. The summed E-state index contributed by atoms with van der Waals surface area (Å²) >= 11 is 9.27. The molecule has 9 heteroatoms. The van der Waals surface area contributed by atoms with Crippen LogP contribution in [0, 0.1) is 0 Å². The Bertz CT molecular complexity index is 1140. The van der Waals surface area contributed by atoms with E-state index in [4.69, 9.17) is 21.1 Å². The second-order valence-corrected chi connectivity index (χ2v) is 8.57. The van der Waals surface area contributed by atoms with Crippen molar-refractivity contribution in [2.45, 2.75) is 6.42 Å². The van der Waals surface area contributed by atoms with Crippen LogP contribution < -0.4 is 20.2 Å². The van der Waals surface area contributed by atoms with Crippen LogP contribution in [0.25, 0.3) is 0 Å². The Hall–Kier alpha value is -3.07. The minimum Gasteiger partial charge on any atom is -0.506 e. The van der Waals surface area contributed by atoms with Crippen LogP contribution >= 0.6 is 27.5 Å². The maximum atomic E-state index is 12.2. The summed E-state index contributed by atoms with van der Waals surface area (Å²) in [7, 11) is 1.55. The number of phenolic OH excluding ortho intramolecular Hbond substituents is 1. The summed E-state index contributed by atoms with van der Waals surface area (Å²) in [6.45, 7) is 2.10. The van der Waals surface area contributed by atoms with Crippen molar-refractivity contribution in [3.63, 3.8) is 0 Å². The van der Waals surface area contributed by atoms with Crippen molar-refractivity contribution >= 4 is 39.7 Å². The van der Waals surface area contributed by atoms with Gasteiger partial charge in [0.2, 0.25) is 0 Å². The molecule has 0 aliphatic carbocycles. The van der Waals surface area contributed by atoms with E-state index >= 15 is 0 Å². The lowest BCUT2D eigenvalue weighted by molar-refractivity contribution is 0.0955. The quantitative estimate of drug-likeness (QED) is 0.183. The third-order valence-corrected chi connectivity index (χ3v) is 5.67. The molecule has 1 amide bonds. The molecule has 0 bridgehead atoms. The first-order chi connectivity index (χ1) is 16.5. The van der Waals surface area contributed by atoms with Crippen molar-refractivity contribution in [2.24, 2.45) is 5.10 Å². The van der Waals surface area contributed by atoms with Gasteiger partial charge in [-0.05, 0) is 61.0 Å². The van der Waals surface area contributed by atoms with Gasteiger partial charge in [0.05, 0.1) is 18.3 Å². The number of benzene rings is 3. The summed E-state index contributed by atoms with van der Waals surface area (Å²) in [4.78, 5) is 12.2. The molecule has 34 heavy (non-hydrogen) atoms. The van der Waals surface area contributed by atoms with Crippen molar-refractivity contribution < 1.29 is 19.4 Å². The molecule has 0 aliphatic rings. The van der Waals surface area contributed by atoms with Crippen LogP contribution in [-0.2, 0) is 6.42 Å². The largest absolute Gasteiger partial charge is 0.506 e. The molecule has 0 aliphatic heterocycles. The molecule has 0 unspecified atom stereocenters. The molecular formula is C25H25BrClN3O4. The molecule has 0 spiro atoms. The van der Waals surface area contributed by atoms with Crippen LogP contribution in [0.4, 0.5) is 0 Å². The summed E-state index contributed by atoms with van der Waals surface area (Å²) in [6, 6.07) is 17.8. The number of carbonyl (C=O) groups excluding carboxylic acids is 1. The van der Waals surface area contributed by atoms with Crippen LogP contribution in [0.15, 0.2) is 70.2 Å². The summed E-state index contributed by atoms with van der Waals surface area (Å²) in [5.41, 5.74) is 4.65. The number of amides is 1. The van der Waals surface area contributed by atoms with Gasteiger partial charge in [0.1, 0.15) is 23.9 Å². The molecule has 3 rings (SSSR count). The van der Waals surface area contributed by atoms with Crippen molar-refractivity contribution in [2.75, 3.05) is 26.8 Å². The number of methoxy groups -OCH3 is 1. The predicted octanol–water partition coefficient (Wildman–Crippen LogP) is 4.79. The highest BCUT2D eigenvalue weighted by Crippen LogP contribution is 2.24. The van der Waals surface area contributed by atoms with Gasteiger partial charge in [0, 0.05) is 28.2 Å². The second-order valence-electron chi connectivity index (χ2n) is 7.24. The average molecular weight is 547 g/mol. The number of carbonyl (C=O) groups is 1. The highest BCUT2D eigenvalue weighted by molar-refractivity contribution is 9.10. The molecule has 0 aromatic heterocycles. The summed E-state index contributed by atoms with van der Waals surface area (Å²) in [5.74, 6) is 0.688. The molecule has 0 radical (unpaired) electrons. The average Bonchev–Trinajstić information content (AvgIpc) is 2.84. The minimum atomic E-state index is -0.454. The molecule has 0 fully saturated rings. The van der Waals surface area contributed by atoms with Gasteiger partial charge in [-0.25, -0.2) is 5.43 Å². The molecule has 7 nitrogen and oxygen atoms in total. The fourth-order valence-electron chi connectivity index (χ4n) is 3.01. The fourth-order valence-corrected chi connectivity index (χ4v) is 3.46. The van der Waals surface area contributed by atoms with Gasteiger partial charge in [-0.15, -0.1) is 0 Å². The molecule has 178 valence electrons. The molecule has 0 atom stereocenters. The normalized spacial score (nSPS) is 10.9. The molecule has 3 aromatic carbocycles. The van der Waals surface area contributed by atoms with E-state index in [1.807, 2.05) is 18.2 Å². The molecular weight excluding hydrogens is 522 g/mol. The van der Waals surface area contributed by atoms with E-state index in [0.717, 1.165) is 24.0 Å². The Morgan fingerprint density at radius 3 is 2.65 bits per heavy atom. The highest BCUT2D eigenvalue weighted by Gasteiger charge is 2.08. The Morgan fingerprint density at radius 2 is 1.91 bits per heavy atom. The van der Waals surface area contributed by atoms with E-state index in [9.17, 15) is 9.90 Å².